The fourth-order valence-corrected chi connectivity index (χ4v) is 4.77. The SMILES string of the molecule is COC[C@@]1(C)[C@@H](c2cccc(OC(F)(F)F)c2)N(c2ccc(Cl)cc2)C(=O)N1c1ccc(Cl)cc1. The Morgan fingerprint density at radius 1 is 0.943 bits per heavy atom. The van der Waals surface area contributed by atoms with Gasteiger partial charge in [-0.2, -0.15) is 0 Å². The van der Waals surface area contributed by atoms with Crippen LogP contribution in [0.25, 0.3) is 0 Å². The average molecular weight is 525 g/mol. The van der Waals surface area contributed by atoms with Crippen molar-refractivity contribution in [3.8, 4) is 5.75 Å². The highest BCUT2D eigenvalue weighted by Crippen LogP contribution is 2.48. The lowest BCUT2D eigenvalue weighted by molar-refractivity contribution is -0.274. The Hall–Kier alpha value is -2.94. The predicted molar refractivity (Wildman–Crippen MR) is 129 cm³/mol. The molecule has 2 amide bonds. The topological polar surface area (TPSA) is 42.0 Å². The van der Waals surface area contributed by atoms with Crippen molar-refractivity contribution >= 4 is 40.6 Å². The largest absolute Gasteiger partial charge is 0.573 e. The first kappa shape index (κ1) is 25.2. The number of anilines is 2. The van der Waals surface area contributed by atoms with Crippen LogP contribution < -0.4 is 14.5 Å². The van der Waals surface area contributed by atoms with E-state index in [4.69, 9.17) is 27.9 Å². The molecule has 1 heterocycles. The molecule has 0 saturated carbocycles. The molecule has 5 nitrogen and oxygen atoms in total. The smallest absolute Gasteiger partial charge is 0.406 e. The van der Waals surface area contributed by atoms with E-state index in [1.54, 1.807) is 59.5 Å². The zero-order valence-corrected chi connectivity index (χ0v) is 20.2. The Labute approximate surface area is 210 Å². The highest BCUT2D eigenvalue weighted by molar-refractivity contribution is 6.31. The summed E-state index contributed by atoms with van der Waals surface area (Å²) >= 11 is 12.1. The van der Waals surface area contributed by atoms with E-state index in [1.165, 1.54) is 30.2 Å². The lowest BCUT2D eigenvalue weighted by Gasteiger charge is -2.38. The normalized spacial score (nSPS) is 20.4. The fourth-order valence-electron chi connectivity index (χ4n) is 4.52. The Morgan fingerprint density at radius 3 is 2.06 bits per heavy atom. The van der Waals surface area contributed by atoms with E-state index >= 15 is 0 Å². The van der Waals surface area contributed by atoms with Gasteiger partial charge in [-0.05, 0) is 73.2 Å². The first-order chi connectivity index (χ1) is 16.5. The van der Waals surface area contributed by atoms with Crippen LogP contribution >= 0.6 is 23.2 Å². The molecule has 0 aromatic heterocycles. The number of nitrogens with zero attached hydrogens (tertiary/aromatic N) is 2. The number of hydrogen-bond donors (Lipinski definition) is 0. The molecule has 1 aliphatic rings. The van der Waals surface area contributed by atoms with E-state index in [9.17, 15) is 18.0 Å². The Bertz CT molecular complexity index is 1210. The van der Waals surface area contributed by atoms with Crippen LogP contribution in [0, 0.1) is 0 Å². The number of urea groups is 1. The van der Waals surface area contributed by atoms with Crippen LogP contribution in [0.5, 0.6) is 5.75 Å². The lowest BCUT2D eigenvalue weighted by Crippen LogP contribution is -2.49. The molecule has 0 N–H and O–H groups in total. The van der Waals surface area contributed by atoms with E-state index in [0.717, 1.165) is 0 Å². The molecule has 0 aliphatic carbocycles. The molecule has 184 valence electrons. The third kappa shape index (κ3) is 5.05. The molecule has 0 radical (unpaired) electrons. The minimum absolute atomic E-state index is 0.0838. The van der Waals surface area contributed by atoms with E-state index in [1.807, 2.05) is 6.92 Å². The summed E-state index contributed by atoms with van der Waals surface area (Å²) in [6.07, 6.45) is -4.86. The molecule has 0 bridgehead atoms. The van der Waals surface area contributed by atoms with Gasteiger partial charge in [0.15, 0.2) is 0 Å². The van der Waals surface area contributed by atoms with E-state index in [0.29, 0.717) is 27.0 Å². The number of halogens is 5. The van der Waals surface area contributed by atoms with Crippen molar-refractivity contribution in [2.45, 2.75) is 24.9 Å². The number of ether oxygens (including phenoxy) is 2. The van der Waals surface area contributed by atoms with Crippen LogP contribution in [-0.2, 0) is 4.74 Å². The summed E-state index contributed by atoms with van der Waals surface area (Å²) in [5.41, 5.74) is 0.482. The maximum Gasteiger partial charge on any atom is 0.573 e. The van der Waals surface area contributed by atoms with Crippen molar-refractivity contribution in [3.05, 3.63) is 88.4 Å². The third-order valence-corrected chi connectivity index (χ3v) is 6.29. The number of methoxy groups -OCH3 is 1. The number of benzene rings is 3. The Balaban J connectivity index is 1.91. The number of carbonyl (C=O) groups is 1. The van der Waals surface area contributed by atoms with Gasteiger partial charge in [0.05, 0.1) is 18.2 Å². The molecular formula is C25H21Cl2F3N2O3. The number of hydrogen-bond acceptors (Lipinski definition) is 3. The molecule has 0 unspecified atom stereocenters. The molecule has 0 spiro atoms. The van der Waals surface area contributed by atoms with E-state index in [-0.39, 0.29) is 18.4 Å². The quantitative estimate of drug-likeness (QED) is 0.335. The van der Waals surface area contributed by atoms with Crippen LogP contribution in [0.2, 0.25) is 10.0 Å². The Morgan fingerprint density at radius 2 is 1.51 bits per heavy atom. The standard InChI is InChI=1S/C25H21Cl2F3N2O3/c1-24(15-34-2)22(16-4-3-5-21(14-16)35-25(28,29)30)31(19-10-6-17(26)7-11-19)23(33)32(24)20-12-8-18(27)9-13-20/h3-14,22H,15H2,1-2H3/t22-,24+/m1/s1. The molecule has 1 saturated heterocycles. The zero-order chi connectivity index (χ0) is 25.4. The van der Waals surface area contributed by atoms with Crippen molar-refractivity contribution in [1.29, 1.82) is 0 Å². The van der Waals surface area contributed by atoms with Crippen molar-refractivity contribution in [1.82, 2.24) is 0 Å². The van der Waals surface area contributed by atoms with Gasteiger partial charge in [0.1, 0.15) is 5.75 Å². The van der Waals surface area contributed by atoms with Crippen molar-refractivity contribution in [3.63, 3.8) is 0 Å². The first-order valence-corrected chi connectivity index (χ1v) is 11.3. The maximum absolute atomic E-state index is 14.0. The van der Waals surface area contributed by atoms with Crippen LogP contribution in [0.15, 0.2) is 72.8 Å². The van der Waals surface area contributed by atoms with Crippen molar-refractivity contribution < 1.29 is 27.4 Å². The van der Waals surface area contributed by atoms with Crippen molar-refractivity contribution in [2.75, 3.05) is 23.5 Å². The average Bonchev–Trinajstić information content (AvgIpc) is 3.01. The molecular weight excluding hydrogens is 504 g/mol. The first-order valence-electron chi connectivity index (χ1n) is 10.5. The van der Waals surface area contributed by atoms with Gasteiger partial charge in [-0.1, -0.05) is 35.3 Å². The second-order valence-electron chi connectivity index (χ2n) is 8.25. The van der Waals surface area contributed by atoms with Gasteiger partial charge >= 0.3 is 12.4 Å². The summed E-state index contributed by atoms with van der Waals surface area (Å²) in [6.45, 7) is 1.90. The molecule has 2 atom stereocenters. The number of carbonyl (C=O) groups excluding carboxylic acids is 1. The summed E-state index contributed by atoms with van der Waals surface area (Å²) in [7, 11) is 1.50. The van der Waals surface area contributed by atoms with Gasteiger partial charge in [-0.15, -0.1) is 13.2 Å². The molecule has 3 aromatic rings. The lowest BCUT2D eigenvalue weighted by atomic mass is 9.86. The maximum atomic E-state index is 14.0. The predicted octanol–water partition coefficient (Wildman–Crippen LogP) is 7.49. The highest BCUT2D eigenvalue weighted by atomic mass is 35.5. The summed E-state index contributed by atoms with van der Waals surface area (Å²) < 4.78 is 48.5. The minimum Gasteiger partial charge on any atom is -0.406 e. The van der Waals surface area contributed by atoms with Gasteiger partial charge < -0.3 is 9.47 Å². The van der Waals surface area contributed by atoms with Crippen LogP contribution in [0.4, 0.5) is 29.3 Å². The molecule has 1 fully saturated rings. The Kier molecular flexibility index (Phi) is 6.90. The zero-order valence-electron chi connectivity index (χ0n) is 18.7. The van der Waals surface area contributed by atoms with Gasteiger partial charge in [0.2, 0.25) is 0 Å². The summed E-state index contributed by atoms with van der Waals surface area (Å²) in [5, 5.41) is 0.976. The van der Waals surface area contributed by atoms with Crippen LogP contribution in [0.1, 0.15) is 18.5 Å². The third-order valence-electron chi connectivity index (χ3n) is 5.79. The monoisotopic (exact) mass is 524 g/mol. The van der Waals surface area contributed by atoms with Crippen LogP contribution in [-0.4, -0.2) is 31.6 Å². The molecule has 10 heteroatoms. The molecule has 3 aromatic carbocycles. The van der Waals surface area contributed by atoms with E-state index < -0.39 is 17.9 Å². The van der Waals surface area contributed by atoms with Gasteiger partial charge in [-0.25, -0.2) is 4.79 Å². The minimum atomic E-state index is -4.86. The van der Waals surface area contributed by atoms with Gasteiger partial charge in [-0.3, -0.25) is 9.80 Å². The fraction of sp³-hybridized carbons (Fsp3) is 0.240. The van der Waals surface area contributed by atoms with E-state index in [2.05, 4.69) is 4.74 Å². The second kappa shape index (κ2) is 9.60. The number of amides is 2. The molecule has 35 heavy (non-hydrogen) atoms. The summed E-state index contributed by atoms with van der Waals surface area (Å²) in [6, 6.07) is 17.9. The van der Waals surface area contributed by atoms with Gasteiger partial charge in [0.25, 0.3) is 0 Å². The van der Waals surface area contributed by atoms with Crippen molar-refractivity contribution in [2.24, 2.45) is 0 Å². The second-order valence-corrected chi connectivity index (χ2v) is 9.13. The highest BCUT2D eigenvalue weighted by Gasteiger charge is 2.56. The van der Waals surface area contributed by atoms with Gasteiger partial charge in [0, 0.05) is 28.5 Å². The summed E-state index contributed by atoms with van der Waals surface area (Å²) in [5.74, 6) is -0.386. The number of rotatable bonds is 6. The summed E-state index contributed by atoms with van der Waals surface area (Å²) in [4.78, 5) is 17.1. The molecule has 1 aliphatic heterocycles. The van der Waals surface area contributed by atoms with Crippen LogP contribution in [0.3, 0.4) is 0 Å². The molecule has 4 rings (SSSR count). The number of alkyl halides is 3.